The van der Waals surface area contributed by atoms with Crippen LogP contribution in [0.5, 0.6) is 5.75 Å². The highest BCUT2D eigenvalue weighted by atomic mass is 16.5. The Morgan fingerprint density at radius 2 is 2.26 bits per heavy atom. The predicted molar refractivity (Wildman–Crippen MR) is 72.1 cm³/mol. The van der Waals surface area contributed by atoms with Gasteiger partial charge in [0.25, 0.3) is 0 Å². The fourth-order valence-electron chi connectivity index (χ4n) is 1.93. The molecule has 4 heteroatoms. The molecule has 0 saturated heterocycles. The minimum absolute atomic E-state index is 0.364. The second-order valence-electron chi connectivity index (χ2n) is 4.61. The van der Waals surface area contributed by atoms with Crippen LogP contribution in [0.25, 0.3) is 6.08 Å². The van der Waals surface area contributed by atoms with E-state index in [0.717, 1.165) is 35.8 Å². The average Bonchev–Trinajstić information content (AvgIpc) is 2.34. The van der Waals surface area contributed by atoms with Crippen molar-refractivity contribution in [1.29, 1.82) is 0 Å². The monoisotopic (exact) mass is 262 g/mol. The smallest absolute Gasteiger partial charge is 0.328 e. The van der Waals surface area contributed by atoms with E-state index in [-0.39, 0.29) is 0 Å². The number of carboxylic acids is 1. The van der Waals surface area contributed by atoms with Gasteiger partial charge in [0.2, 0.25) is 0 Å². The molecule has 0 aromatic heterocycles. The molecule has 0 aliphatic heterocycles. The van der Waals surface area contributed by atoms with Crippen molar-refractivity contribution in [3.63, 3.8) is 0 Å². The molecule has 1 aromatic rings. The number of ether oxygens (including phenoxy) is 2. The molecule has 1 N–H and O–H groups in total. The van der Waals surface area contributed by atoms with Gasteiger partial charge in [0.15, 0.2) is 0 Å². The molecule has 0 unspecified atom stereocenters. The highest BCUT2D eigenvalue weighted by Gasteiger charge is 2.18. The Labute approximate surface area is 112 Å². The van der Waals surface area contributed by atoms with Crippen molar-refractivity contribution >= 4 is 12.0 Å². The Bertz CT molecular complexity index is 475. The summed E-state index contributed by atoms with van der Waals surface area (Å²) in [4.78, 5) is 10.5. The fraction of sp³-hybridized carbons (Fsp3) is 0.400. The van der Waals surface area contributed by atoms with Crippen LogP contribution >= 0.6 is 0 Å². The summed E-state index contributed by atoms with van der Waals surface area (Å²) < 4.78 is 11.1. The number of rotatable bonds is 6. The Kier molecular flexibility index (Phi) is 4.58. The van der Waals surface area contributed by atoms with Crippen LogP contribution in [-0.2, 0) is 16.1 Å². The molecule has 0 bridgehead atoms. The quantitative estimate of drug-likeness (QED) is 0.801. The summed E-state index contributed by atoms with van der Waals surface area (Å²) in [5, 5.41) is 8.62. The van der Waals surface area contributed by atoms with E-state index < -0.39 is 5.97 Å². The van der Waals surface area contributed by atoms with Crippen molar-refractivity contribution in [2.75, 3.05) is 7.11 Å². The average molecular weight is 262 g/mol. The van der Waals surface area contributed by atoms with Crippen LogP contribution in [0.4, 0.5) is 0 Å². The topological polar surface area (TPSA) is 55.8 Å². The Balaban J connectivity index is 2.08. The van der Waals surface area contributed by atoms with Crippen molar-refractivity contribution in [1.82, 2.24) is 0 Å². The highest BCUT2D eigenvalue weighted by molar-refractivity contribution is 5.85. The molecular formula is C15H18O4. The van der Waals surface area contributed by atoms with Gasteiger partial charge in [0.1, 0.15) is 5.75 Å². The first kappa shape index (κ1) is 13.6. The number of aliphatic carboxylic acids is 1. The first-order valence-corrected chi connectivity index (χ1v) is 6.38. The van der Waals surface area contributed by atoms with Crippen LogP contribution < -0.4 is 4.74 Å². The van der Waals surface area contributed by atoms with E-state index in [4.69, 9.17) is 14.6 Å². The molecule has 19 heavy (non-hydrogen) atoms. The second-order valence-corrected chi connectivity index (χ2v) is 4.61. The maximum absolute atomic E-state index is 10.5. The van der Waals surface area contributed by atoms with Crippen LogP contribution in [0, 0.1) is 0 Å². The number of hydrogen-bond donors (Lipinski definition) is 1. The molecule has 0 atom stereocenters. The summed E-state index contributed by atoms with van der Waals surface area (Å²) in [6, 6.07) is 5.56. The van der Waals surface area contributed by atoms with Gasteiger partial charge in [-0.25, -0.2) is 4.79 Å². The van der Waals surface area contributed by atoms with Gasteiger partial charge in [0.05, 0.1) is 19.8 Å². The van der Waals surface area contributed by atoms with E-state index in [1.54, 1.807) is 13.2 Å². The molecule has 4 nitrogen and oxygen atoms in total. The molecule has 0 amide bonds. The molecule has 1 fully saturated rings. The molecule has 1 aromatic carbocycles. The van der Waals surface area contributed by atoms with Crippen LogP contribution in [0.15, 0.2) is 24.3 Å². The maximum atomic E-state index is 10.5. The first-order chi connectivity index (χ1) is 9.19. The van der Waals surface area contributed by atoms with Crippen molar-refractivity contribution in [2.24, 2.45) is 0 Å². The van der Waals surface area contributed by atoms with E-state index in [1.165, 1.54) is 6.42 Å². The Morgan fingerprint density at radius 3 is 2.84 bits per heavy atom. The van der Waals surface area contributed by atoms with Crippen LogP contribution in [0.3, 0.4) is 0 Å². The Hall–Kier alpha value is -1.81. The van der Waals surface area contributed by atoms with E-state index >= 15 is 0 Å². The molecular weight excluding hydrogens is 244 g/mol. The molecule has 0 spiro atoms. The lowest BCUT2D eigenvalue weighted by molar-refractivity contribution is -0.131. The second kappa shape index (κ2) is 6.38. The third-order valence-electron chi connectivity index (χ3n) is 3.25. The number of carboxylic acid groups (broad SMARTS) is 1. The number of hydrogen-bond acceptors (Lipinski definition) is 3. The zero-order chi connectivity index (χ0) is 13.7. The minimum atomic E-state index is -0.955. The van der Waals surface area contributed by atoms with E-state index in [2.05, 4.69) is 0 Å². The summed E-state index contributed by atoms with van der Waals surface area (Å²) in [5.41, 5.74) is 1.78. The molecule has 1 saturated carbocycles. The molecule has 1 aliphatic rings. The van der Waals surface area contributed by atoms with Gasteiger partial charge in [-0.15, -0.1) is 0 Å². The summed E-state index contributed by atoms with van der Waals surface area (Å²) in [6.07, 6.45) is 6.54. The lowest BCUT2D eigenvalue weighted by atomic mass is 9.96. The maximum Gasteiger partial charge on any atom is 0.328 e. The molecule has 1 aliphatic carbocycles. The van der Waals surface area contributed by atoms with Crippen LogP contribution in [-0.4, -0.2) is 24.3 Å². The first-order valence-electron chi connectivity index (χ1n) is 6.38. The summed E-state index contributed by atoms with van der Waals surface area (Å²) in [7, 11) is 1.62. The molecule has 0 radical (unpaired) electrons. The summed E-state index contributed by atoms with van der Waals surface area (Å²) >= 11 is 0. The van der Waals surface area contributed by atoms with Gasteiger partial charge >= 0.3 is 5.97 Å². The SMILES string of the molecule is COc1ccc(/C=C/C(=O)O)cc1COC1CCC1. The summed E-state index contributed by atoms with van der Waals surface area (Å²) in [6.45, 7) is 0.503. The number of carbonyl (C=O) groups is 1. The lowest BCUT2D eigenvalue weighted by Gasteiger charge is -2.25. The summed E-state index contributed by atoms with van der Waals surface area (Å²) in [5.74, 6) is -0.185. The zero-order valence-corrected chi connectivity index (χ0v) is 11.0. The van der Waals surface area contributed by atoms with Gasteiger partial charge in [0, 0.05) is 11.6 Å². The van der Waals surface area contributed by atoms with E-state index in [1.807, 2.05) is 18.2 Å². The van der Waals surface area contributed by atoms with Crippen molar-refractivity contribution in [3.8, 4) is 5.75 Å². The van der Waals surface area contributed by atoms with Gasteiger partial charge < -0.3 is 14.6 Å². The lowest BCUT2D eigenvalue weighted by Crippen LogP contribution is -2.21. The third-order valence-corrected chi connectivity index (χ3v) is 3.25. The van der Waals surface area contributed by atoms with Gasteiger partial charge in [-0.2, -0.15) is 0 Å². The number of methoxy groups -OCH3 is 1. The predicted octanol–water partition coefficient (Wildman–Crippen LogP) is 2.86. The fourth-order valence-corrected chi connectivity index (χ4v) is 1.93. The normalized spacial score (nSPS) is 15.4. The van der Waals surface area contributed by atoms with Crippen molar-refractivity contribution < 1.29 is 19.4 Å². The highest BCUT2D eigenvalue weighted by Crippen LogP contribution is 2.26. The van der Waals surface area contributed by atoms with Gasteiger partial charge in [-0.1, -0.05) is 6.07 Å². The molecule has 2 rings (SSSR count). The standard InChI is InChI=1S/C15H18O4/c1-18-14-7-5-11(6-8-15(16)17)9-12(14)10-19-13-3-2-4-13/h5-9,13H,2-4,10H2,1H3,(H,16,17)/b8-6+. The van der Waals surface area contributed by atoms with E-state index in [0.29, 0.717) is 12.7 Å². The zero-order valence-electron chi connectivity index (χ0n) is 11.0. The number of benzene rings is 1. The van der Waals surface area contributed by atoms with Crippen LogP contribution in [0.2, 0.25) is 0 Å². The van der Waals surface area contributed by atoms with Crippen molar-refractivity contribution in [3.05, 3.63) is 35.4 Å². The van der Waals surface area contributed by atoms with Crippen molar-refractivity contribution in [2.45, 2.75) is 32.0 Å². The minimum Gasteiger partial charge on any atom is -0.496 e. The van der Waals surface area contributed by atoms with Gasteiger partial charge in [-0.3, -0.25) is 0 Å². The van der Waals surface area contributed by atoms with E-state index in [9.17, 15) is 4.79 Å². The van der Waals surface area contributed by atoms with Gasteiger partial charge in [-0.05, 0) is 43.0 Å². The Morgan fingerprint density at radius 1 is 1.47 bits per heavy atom. The molecule has 0 heterocycles. The molecule has 102 valence electrons. The van der Waals surface area contributed by atoms with Crippen LogP contribution in [0.1, 0.15) is 30.4 Å². The largest absolute Gasteiger partial charge is 0.496 e. The third kappa shape index (κ3) is 3.83.